The molecule has 0 fully saturated rings. The number of nitrogens with one attached hydrogen (secondary N) is 2. The van der Waals surface area contributed by atoms with Crippen molar-refractivity contribution in [2.75, 3.05) is 18.4 Å². The van der Waals surface area contributed by atoms with Crippen molar-refractivity contribution in [1.29, 1.82) is 0 Å². The summed E-state index contributed by atoms with van der Waals surface area (Å²) in [5, 5.41) is 6.29. The number of nitrogens with zero attached hydrogens (tertiary/aromatic N) is 1. The van der Waals surface area contributed by atoms with Crippen molar-refractivity contribution in [2.45, 2.75) is 6.92 Å². The van der Waals surface area contributed by atoms with Crippen molar-refractivity contribution in [1.82, 2.24) is 5.32 Å². The molecule has 16 heavy (non-hydrogen) atoms. The summed E-state index contributed by atoms with van der Waals surface area (Å²) < 4.78 is 0. The van der Waals surface area contributed by atoms with Crippen LogP contribution in [0.15, 0.2) is 23.2 Å². The Labute approximate surface area is 98.7 Å². The summed E-state index contributed by atoms with van der Waals surface area (Å²) in [4.78, 5) is 15.8. The number of benzene rings is 1. The SMILES string of the molecule is Cc1ccc(Cl)cc1NC(=O)C1=NCCN1. The molecule has 1 aromatic rings. The van der Waals surface area contributed by atoms with E-state index in [4.69, 9.17) is 11.6 Å². The first-order valence-electron chi connectivity index (χ1n) is 5.02. The summed E-state index contributed by atoms with van der Waals surface area (Å²) in [5.74, 6) is 0.169. The molecule has 0 saturated heterocycles. The van der Waals surface area contributed by atoms with E-state index >= 15 is 0 Å². The molecule has 1 aliphatic rings. The van der Waals surface area contributed by atoms with Gasteiger partial charge < -0.3 is 10.6 Å². The zero-order valence-corrected chi connectivity index (χ0v) is 9.64. The molecule has 0 aromatic heterocycles. The molecule has 1 aliphatic heterocycles. The second-order valence-electron chi connectivity index (χ2n) is 3.57. The lowest BCUT2D eigenvalue weighted by Gasteiger charge is -2.08. The fourth-order valence-electron chi connectivity index (χ4n) is 1.46. The molecular weight excluding hydrogens is 226 g/mol. The minimum atomic E-state index is -0.220. The fourth-order valence-corrected chi connectivity index (χ4v) is 1.63. The van der Waals surface area contributed by atoms with Crippen molar-refractivity contribution >= 4 is 29.0 Å². The Kier molecular flexibility index (Phi) is 3.10. The second kappa shape index (κ2) is 4.53. The van der Waals surface area contributed by atoms with E-state index in [0.29, 0.717) is 23.1 Å². The molecule has 1 heterocycles. The molecule has 0 spiro atoms. The van der Waals surface area contributed by atoms with Gasteiger partial charge in [0.05, 0.1) is 6.54 Å². The molecule has 1 amide bonds. The Morgan fingerprint density at radius 3 is 3.06 bits per heavy atom. The molecule has 1 aromatic carbocycles. The summed E-state index contributed by atoms with van der Waals surface area (Å²) >= 11 is 5.86. The van der Waals surface area contributed by atoms with Crippen LogP contribution >= 0.6 is 11.6 Å². The van der Waals surface area contributed by atoms with Crippen LogP contribution in [0.4, 0.5) is 5.69 Å². The van der Waals surface area contributed by atoms with Gasteiger partial charge in [0.25, 0.3) is 5.91 Å². The molecule has 0 bridgehead atoms. The van der Waals surface area contributed by atoms with E-state index in [2.05, 4.69) is 15.6 Å². The maximum Gasteiger partial charge on any atom is 0.290 e. The van der Waals surface area contributed by atoms with Crippen LogP contribution in [0, 0.1) is 6.92 Å². The smallest absolute Gasteiger partial charge is 0.290 e. The fraction of sp³-hybridized carbons (Fsp3) is 0.273. The third-order valence-corrected chi connectivity index (χ3v) is 2.57. The molecule has 4 nitrogen and oxygen atoms in total. The number of rotatable bonds is 2. The Hall–Kier alpha value is -1.55. The quantitative estimate of drug-likeness (QED) is 0.821. The normalized spacial score (nSPS) is 14.2. The van der Waals surface area contributed by atoms with Gasteiger partial charge in [-0.25, -0.2) is 0 Å². The van der Waals surface area contributed by atoms with Gasteiger partial charge in [-0.3, -0.25) is 9.79 Å². The summed E-state index contributed by atoms with van der Waals surface area (Å²) in [6, 6.07) is 5.38. The Morgan fingerprint density at radius 2 is 2.38 bits per heavy atom. The highest BCUT2D eigenvalue weighted by Crippen LogP contribution is 2.20. The first-order valence-corrected chi connectivity index (χ1v) is 5.40. The number of aliphatic imine (C=N–C) groups is 1. The van der Waals surface area contributed by atoms with E-state index in [0.717, 1.165) is 12.1 Å². The zero-order chi connectivity index (χ0) is 11.5. The summed E-state index contributed by atoms with van der Waals surface area (Å²) in [7, 11) is 0. The number of amidine groups is 1. The molecule has 0 unspecified atom stereocenters. The van der Waals surface area contributed by atoms with Crippen LogP contribution in [0.3, 0.4) is 0 Å². The number of halogens is 1. The average molecular weight is 238 g/mol. The number of anilines is 1. The highest BCUT2D eigenvalue weighted by atomic mass is 35.5. The van der Waals surface area contributed by atoms with Gasteiger partial charge >= 0.3 is 0 Å². The van der Waals surface area contributed by atoms with Crippen LogP contribution in [0.1, 0.15) is 5.56 Å². The van der Waals surface area contributed by atoms with Crippen molar-refractivity contribution in [2.24, 2.45) is 4.99 Å². The molecule has 0 atom stereocenters. The van der Waals surface area contributed by atoms with Crippen molar-refractivity contribution < 1.29 is 4.79 Å². The largest absolute Gasteiger partial charge is 0.364 e. The summed E-state index contributed by atoms with van der Waals surface area (Å²) in [6.07, 6.45) is 0. The number of hydrogen-bond acceptors (Lipinski definition) is 3. The number of carbonyl (C=O) groups is 1. The van der Waals surface area contributed by atoms with E-state index in [1.54, 1.807) is 12.1 Å². The molecule has 0 radical (unpaired) electrons. The topological polar surface area (TPSA) is 53.5 Å². The number of amides is 1. The predicted molar refractivity (Wildman–Crippen MR) is 65.1 cm³/mol. The van der Waals surface area contributed by atoms with Crippen LogP contribution in [0.5, 0.6) is 0 Å². The maximum absolute atomic E-state index is 11.7. The first kappa shape index (κ1) is 11.0. The minimum Gasteiger partial charge on any atom is -0.364 e. The number of carbonyl (C=O) groups excluding carboxylic acids is 1. The lowest BCUT2D eigenvalue weighted by molar-refractivity contribution is -0.110. The van der Waals surface area contributed by atoms with Gasteiger partial charge in [-0.05, 0) is 24.6 Å². The van der Waals surface area contributed by atoms with Crippen molar-refractivity contribution in [3.63, 3.8) is 0 Å². The lowest BCUT2D eigenvalue weighted by Crippen LogP contribution is -2.32. The third-order valence-electron chi connectivity index (χ3n) is 2.34. The van der Waals surface area contributed by atoms with E-state index < -0.39 is 0 Å². The highest BCUT2D eigenvalue weighted by molar-refractivity contribution is 6.42. The van der Waals surface area contributed by atoms with Gasteiger partial charge in [-0.1, -0.05) is 17.7 Å². The van der Waals surface area contributed by atoms with E-state index in [1.165, 1.54) is 0 Å². The van der Waals surface area contributed by atoms with Crippen LogP contribution in [0.25, 0.3) is 0 Å². The van der Waals surface area contributed by atoms with Gasteiger partial charge in [0, 0.05) is 17.3 Å². The lowest BCUT2D eigenvalue weighted by atomic mass is 10.2. The number of aryl methyl sites for hydroxylation is 1. The van der Waals surface area contributed by atoms with Gasteiger partial charge in [0.2, 0.25) is 0 Å². The Bertz CT molecular complexity index is 457. The Morgan fingerprint density at radius 1 is 1.56 bits per heavy atom. The molecule has 0 saturated carbocycles. The summed E-state index contributed by atoms with van der Waals surface area (Å²) in [6.45, 7) is 3.28. The maximum atomic E-state index is 11.7. The van der Waals surface area contributed by atoms with E-state index in [-0.39, 0.29) is 5.91 Å². The van der Waals surface area contributed by atoms with Crippen LogP contribution in [-0.4, -0.2) is 24.8 Å². The monoisotopic (exact) mass is 237 g/mol. The van der Waals surface area contributed by atoms with Gasteiger partial charge in [0.15, 0.2) is 5.84 Å². The molecule has 0 aliphatic carbocycles. The van der Waals surface area contributed by atoms with Gasteiger partial charge in [-0.15, -0.1) is 0 Å². The van der Waals surface area contributed by atoms with Crippen molar-refractivity contribution in [3.05, 3.63) is 28.8 Å². The molecule has 5 heteroatoms. The average Bonchev–Trinajstić information content (AvgIpc) is 2.76. The Balaban J connectivity index is 2.14. The molecule has 84 valence electrons. The molecule has 2 rings (SSSR count). The van der Waals surface area contributed by atoms with E-state index in [1.807, 2.05) is 13.0 Å². The van der Waals surface area contributed by atoms with Gasteiger partial charge in [0.1, 0.15) is 0 Å². The highest BCUT2D eigenvalue weighted by Gasteiger charge is 2.15. The molecular formula is C11H12ClN3O. The third kappa shape index (κ3) is 2.33. The van der Waals surface area contributed by atoms with E-state index in [9.17, 15) is 4.79 Å². The standard InChI is InChI=1S/C11H12ClN3O/c1-7-2-3-8(12)6-9(7)15-11(16)10-13-4-5-14-10/h2-3,6H,4-5H2,1H3,(H,13,14)(H,15,16). The minimum absolute atomic E-state index is 0.220. The van der Waals surface area contributed by atoms with Crippen LogP contribution in [0.2, 0.25) is 5.02 Å². The number of hydrogen-bond donors (Lipinski definition) is 2. The van der Waals surface area contributed by atoms with Crippen LogP contribution < -0.4 is 10.6 Å². The first-order chi connectivity index (χ1) is 7.66. The van der Waals surface area contributed by atoms with Crippen LogP contribution in [-0.2, 0) is 4.79 Å². The van der Waals surface area contributed by atoms with Crippen molar-refractivity contribution in [3.8, 4) is 0 Å². The predicted octanol–water partition coefficient (Wildman–Crippen LogP) is 1.59. The zero-order valence-electron chi connectivity index (χ0n) is 8.88. The second-order valence-corrected chi connectivity index (χ2v) is 4.01. The molecule has 2 N–H and O–H groups in total. The summed E-state index contributed by atoms with van der Waals surface area (Å²) in [5.41, 5.74) is 1.69. The van der Waals surface area contributed by atoms with Gasteiger partial charge in [-0.2, -0.15) is 0 Å².